The second-order valence-electron chi connectivity index (χ2n) is 3.80. The summed E-state index contributed by atoms with van der Waals surface area (Å²) >= 11 is 1.49. The Kier molecular flexibility index (Phi) is 4.03. The van der Waals surface area contributed by atoms with Gasteiger partial charge in [-0.25, -0.2) is 18.1 Å². The van der Waals surface area contributed by atoms with Crippen molar-refractivity contribution in [2.24, 2.45) is 0 Å². The van der Waals surface area contributed by atoms with Gasteiger partial charge in [-0.05, 0) is 25.2 Å². The molecule has 2 aromatic rings. The molecule has 0 aliphatic heterocycles. The van der Waals surface area contributed by atoms with Gasteiger partial charge in [-0.1, -0.05) is 0 Å². The fraction of sp³-hybridized carbons (Fsp3) is 0.182. The maximum absolute atomic E-state index is 11.9. The van der Waals surface area contributed by atoms with Crippen molar-refractivity contribution in [1.29, 1.82) is 0 Å². The quantitative estimate of drug-likeness (QED) is 0.722. The van der Waals surface area contributed by atoms with Crippen LogP contribution in [-0.4, -0.2) is 20.4 Å². The summed E-state index contributed by atoms with van der Waals surface area (Å²) in [5.74, 6) is 0. The van der Waals surface area contributed by atoms with Crippen molar-refractivity contribution in [3.63, 3.8) is 0 Å². The number of nitrogens with two attached hydrogens (primary N) is 1. The highest BCUT2D eigenvalue weighted by atomic mass is 32.2. The lowest BCUT2D eigenvalue weighted by Crippen LogP contribution is -2.20. The first kappa shape index (κ1) is 13.8. The van der Waals surface area contributed by atoms with Gasteiger partial charge in [0, 0.05) is 11.1 Å². The molecule has 19 heavy (non-hydrogen) atoms. The first-order valence-corrected chi connectivity index (χ1v) is 7.89. The molecule has 0 aliphatic carbocycles. The molecule has 1 aromatic carbocycles. The Balaban J connectivity index is 2.30. The fourth-order valence-electron chi connectivity index (χ4n) is 1.53. The van der Waals surface area contributed by atoms with E-state index in [1.54, 1.807) is 17.6 Å². The SMILES string of the molecule is CNS(=O)(=O)c1cc(N)ccc1NCc1cscn1. The molecule has 4 N–H and O–H groups in total. The van der Waals surface area contributed by atoms with Gasteiger partial charge in [0.2, 0.25) is 10.0 Å². The van der Waals surface area contributed by atoms with E-state index in [-0.39, 0.29) is 4.90 Å². The van der Waals surface area contributed by atoms with Crippen LogP contribution in [0.1, 0.15) is 5.69 Å². The second-order valence-corrected chi connectivity index (χ2v) is 6.37. The molecule has 0 saturated carbocycles. The normalized spacial score (nSPS) is 11.4. The third-order valence-corrected chi connectivity index (χ3v) is 4.60. The van der Waals surface area contributed by atoms with Gasteiger partial charge in [-0.15, -0.1) is 11.3 Å². The Labute approximate surface area is 115 Å². The number of hydrogen-bond donors (Lipinski definition) is 3. The topological polar surface area (TPSA) is 97.1 Å². The van der Waals surface area contributed by atoms with Crippen LogP contribution in [0.2, 0.25) is 0 Å². The van der Waals surface area contributed by atoms with Gasteiger partial charge < -0.3 is 11.1 Å². The molecule has 2 rings (SSSR count). The third-order valence-electron chi connectivity index (χ3n) is 2.51. The molecular weight excluding hydrogens is 284 g/mol. The zero-order chi connectivity index (χ0) is 13.9. The van der Waals surface area contributed by atoms with Crippen LogP contribution in [0, 0.1) is 0 Å². The summed E-state index contributed by atoms with van der Waals surface area (Å²) in [7, 11) is -2.19. The summed E-state index contributed by atoms with van der Waals surface area (Å²) in [4.78, 5) is 4.26. The predicted molar refractivity (Wildman–Crippen MR) is 76.5 cm³/mol. The molecule has 0 amide bonds. The smallest absolute Gasteiger partial charge is 0.242 e. The van der Waals surface area contributed by atoms with Crippen molar-refractivity contribution in [2.45, 2.75) is 11.4 Å². The van der Waals surface area contributed by atoms with Crippen LogP contribution in [0.4, 0.5) is 11.4 Å². The van der Waals surface area contributed by atoms with E-state index in [1.165, 1.54) is 24.5 Å². The van der Waals surface area contributed by atoms with Crippen molar-refractivity contribution in [1.82, 2.24) is 9.71 Å². The molecule has 8 heteroatoms. The maximum atomic E-state index is 11.9. The molecule has 0 fully saturated rings. The minimum atomic E-state index is -3.55. The predicted octanol–water partition coefficient (Wildman–Crippen LogP) is 1.25. The first-order valence-electron chi connectivity index (χ1n) is 5.47. The largest absolute Gasteiger partial charge is 0.399 e. The van der Waals surface area contributed by atoms with Crippen molar-refractivity contribution < 1.29 is 8.42 Å². The number of rotatable bonds is 5. The van der Waals surface area contributed by atoms with Crippen LogP contribution in [0.25, 0.3) is 0 Å². The van der Waals surface area contributed by atoms with Crippen LogP contribution in [-0.2, 0) is 16.6 Å². The van der Waals surface area contributed by atoms with Gasteiger partial charge in [-0.3, -0.25) is 0 Å². The summed E-state index contributed by atoms with van der Waals surface area (Å²) in [6, 6.07) is 4.72. The fourth-order valence-corrected chi connectivity index (χ4v) is 3.03. The molecule has 0 bridgehead atoms. The molecule has 1 aromatic heterocycles. The molecule has 0 spiro atoms. The van der Waals surface area contributed by atoms with Crippen LogP contribution < -0.4 is 15.8 Å². The molecule has 0 unspecified atom stereocenters. The van der Waals surface area contributed by atoms with Crippen LogP contribution in [0.15, 0.2) is 34.0 Å². The average molecular weight is 298 g/mol. The highest BCUT2D eigenvalue weighted by Gasteiger charge is 2.17. The van der Waals surface area contributed by atoms with E-state index in [2.05, 4.69) is 15.0 Å². The number of hydrogen-bond acceptors (Lipinski definition) is 6. The minimum Gasteiger partial charge on any atom is -0.399 e. The number of thiazole rings is 1. The minimum absolute atomic E-state index is 0.130. The Morgan fingerprint density at radius 1 is 1.42 bits per heavy atom. The van der Waals surface area contributed by atoms with Gasteiger partial charge in [0.25, 0.3) is 0 Å². The van der Waals surface area contributed by atoms with Crippen molar-refractivity contribution >= 4 is 32.7 Å². The zero-order valence-corrected chi connectivity index (χ0v) is 11.9. The van der Waals surface area contributed by atoms with Crippen LogP contribution in [0.5, 0.6) is 0 Å². The first-order chi connectivity index (χ1) is 9.03. The van der Waals surface area contributed by atoms with Gasteiger partial charge in [0.15, 0.2) is 0 Å². The van der Waals surface area contributed by atoms with Crippen LogP contribution >= 0.6 is 11.3 Å². The molecule has 6 nitrogen and oxygen atoms in total. The van der Waals surface area contributed by atoms with Crippen molar-refractivity contribution in [3.8, 4) is 0 Å². The highest BCUT2D eigenvalue weighted by Crippen LogP contribution is 2.24. The van der Waals surface area contributed by atoms with Crippen molar-refractivity contribution in [2.75, 3.05) is 18.1 Å². The van der Waals surface area contributed by atoms with Crippen molar-refractivity contribution in [3.05, 3.63) is 34.8 Å². The van der Waals surface area contributed by atoms with Gasteiger partial charge in [0.1, 0.15) is 4.90 Å². The van der Waals surface area contributed by atoms with E-state index in [9.17, 15) is 8.42 Å². The Hall–Kier alpha value is -1.64. The number of anilines is 2. The number of sulfonamides is 1. The molecule has 0 saturated heterocycles. The lowest BCUT2D eigenvalue weighted by atomic mass is 10.3. The third kappa shape index (κ3) is 3.22. The molecule has 102 valence electrons. The Bertz CT molecular complexity index is 653. The Morgan fingerprint density at radius 2 is 2.21 bits per heavy atom. The summed E-state index contributed by atoms with van der Waals surface area (Å²) in [6.07, 6.45) is 0. The zero-order valence-electron chi connectivity index (χ0n) is 10.3. The van der Waals surface area contributed by atoms with Gasteiger partial charge in [0.05, 0.1) is 23.4 Å². The van der Waals surface area contributed by atoms with E-state index >= 15 is 0 Å². The standard InChI is InChI=1S/C11H14N4O2S2/c1-13-19(16,17)11-4-8(12)2-3-10(11)14-5-9-6-18-7-15-9/h2-4,6-7,13-14H,5,12H2,1H3. The van der Waals surface area contributed by atoms with E-state index in [0.29, 0.717) is 17.9 Å². The average Bonchev–Trinajstić information content (AvgIpc) is 2.90. The van der Waals surface area contributed by atoms with E-state index in [0.717, 1.165) is 5.69 Å². The highest BCUT2D eigenvalue weighted by molar-refractivity contribution is 7.89. The molecule has 1 heterocycles. The van der Waals surface area contributed by atoms with Crippen LogP contribution in [0.3, 0.4) is 0 Å². The molecule has 0 aliphatic rings. The second kappa shape index (κ2) is 5.55. The van der Waals surface area contributed by atoms with Gasteiger partial charge >= 0.3 is 0 Å². The number of nitrogens with one attached hydrogen (secondary N) is 2. The number of benzene rings is 1. The van der Waals surface area contributed by atoms with E-state index in [4.69, 9.17) is 5.73 Å². The summed E-state index contributed by atoms with van der Waals surface area (Å²) in [5.41, 5.74) is 9.12. The number of nitrogens with zero attached hydrogens (tertiary/aromatic N) is 1. The summed E-state index contributed by atoms with van der Waals surface area (Å²) in [5, 5.41) is 4.95. The summed E-state index contributed by atoms with van der Waals surface area (Å²) < 4.78 is 26.1. The molecular formula is C11H14N4O2S2. The lowest BCUT2D eigenvalue weighted by molar-refractivity contribution is 0.588. The number of nitrogen functional groups attached to an aromatic ring is 1. The van der Waals surface area contributed by atoms with E-state index < -0.39 is 10.0 Å². The molecule has 0 atom stereocenters. The van der Waals surface area contributed by atoms with Gasteiger partial charge in [-0.2, -0.15) is 0 Å². The maximum Gasteiger partial charge on any atom is 0.242 e. The summed E-state index contributed by atoms with van der Waals surface area (Å²) in [6.45, 7) is 0.458. The lowest BCUT2D eigenvalue weighted by Gasteiger charge is -2.12. The molecule has 0 radical (unpaired) electrons. The monoisotopic (exact) mass is 298 g/mol. The van der Waals surface area contributed by atoms with E-state index in [1.807, 2.05) is 5.38 Å². The number of aromatic nitrogens is 1. The Morgan fingerprint density at radius 3 is 2.84 bits per heavy atom.